The van der Waals surface area contributed by atoms with Gasteiger partial charge in [-0.25, -0.2) is 0 Å². The standard InChI is InChI=1S/C32H60/c1-20(2)29(16)22-23(4,5)21(3)24(6,7)30(17)27(12,13)26(10,11)28(14,15)32(30,19)31(29,18)25(22,8)9/h20-22H,1-19H3. The Morgan fingerprint density at radius 1 is 0.469 bits per heavy atom. The quantitative estimate of drug-likeness (QED) is 0.377. The molecule has 4 rings (SSSR count). The third-order valence-electron chi connectivity index (χ3n) is 16.7. The summed E-state index contributed by atoms with van der Waals surface area (Å²) in [5.41, 5.74) is 2.13. The Labute approximate surface area is 203 Å². The minimum atomic E-state index is 0.157. The highest BCUT2D eigenvalue weighted by Crippen LogP contribution is 2.96. The van der Waals surface area contributed by atoms with Crippen molar-refractivity contribution < 1.29 is 0 Å². The molecule has 4 aliphatic rings. The maximum absolute atomic E-state index is 2.77. The Kier molecular flexibility index (Phi) is 4.87. The van der Waals surface area contributed by atoms with Crippen molar-refractivity contribution in [3.8, 4) is 0 Å². The van der Waals surface area contributed by atoms with Crippen molar-refractivity contribution in [1.82, 2.24) is 0 Å². The molecule has 4 fully saturated rings. The van der Waals surface area contributed by atoms with Gasteiger partial charge >= 0.3 is 0 Å². The van der Waals surface area contributed by atoms with Crippen LogP contribution in [0.5, 0.6) is 0 Å². The molecule has 0 N–H and O–H groups in total. The van der Waals surface area contributed by atoms with Crippen LogP contribution >= 0.6 is 0 Å². The lowest BCUT2D eigenvalue weighted by Gasteiger charge is -2.88. The van der Waals surface area contributed by atoms with Crippen LogP contribution in [0.25, 0.3) is 0 Å². The van der Waals surface area contributed by atoms with Crippen LogP contribution in [-0.4, -0.2) is 0 Å². The van der Waals surface area contributed by atoms with E-state index in [1.54, 1.807) is 0 Å². The minimum absolute atomic E-state index is 0.157. The first kappa shape index (κ1) is 26.6. The number of rotatable bonds is 1. The monoisotopic (exact) mass is 444 g/mol. The van der Waals surface area contributed by atoms with E-state index in [9.17, 15) is 0 Å². The molecule has 0 amide bonds. The lowest BCUT2D eigenvalue weighted by Crippen LogP contribution is -2.84. The highest BCUT2D eigenvalue weighted by molar-refractivity contribution is 5.38. The molecule has 2 bridgehead atoms. The lowest BCUT2D eigenvalue weighted by atomic mass is 9.15. The first-order chi connectivity index (χ1) is 13.7. The first-order valence-corrected chi connectivity index (χ1v) is 13.7. The predicted molar refractivity (Wildman–Crippen MR) is 143 cm³/mol. The van der Waals surface area contributed by atoms with Crippen molar-refractivity contribution in [3.05, 3.63) is 0 Å². The summed E-state index contributed by atoms with van der Waals surface area (Å²) in [5.74, 6) is 1.98. The molecule has 0 aromatic carbocycles. The van der Waals surface area contributed by atoms with Crippen molar-refractivity contribution >= 4 is 0 Å². The fraction of sp³-hybridized carbons (Fsp3) is 1.00. The molecule has 32 heavy (non-hydrogen) atoms. The number of fused-ring (bicyclic) bond motifs is 2. The van der Waals surface area contributed by atoms with E-state index in [2.05, 4.69) is 132 Å². The SMILES string of the molecule is CC1C(C)(C)C2C(C)(C)C(C)(C2(C)C(C)C)C2(C)C(C)(C)C(C)(C)C(C)(C)C2(C)C1(C)C. The maximum Gasteiger partial charge on any atom is -0.0140 e. The molecular weight excluding hydrogens is 384 g/mol. The minimum Gasteiger partial charge on any atom is -0.0622 e. The summed E-state index contributed by atoms with van der Waals surface area (Å²) in [6.45, 7) is 50.4. The summed E-state index contributed by atoms with van der Waals surface area (Å²) >= 11 is 0. The van der Waals surface area contributed by atoms with E-state index in [0.29, 0.717) is 17.8 Å². The van der Waals surface area contributed by atoms with Crippen molar-refractivity contribution in [1.29, 1.82) is 0 Å². The Morgan fingerprint density at radius 2 is 0.844 bits per heavy atom. The Bertz CT molecular complexity index is 817. The Balaban J connectivity index is 2.68. The van der Waals surface area contributed by atoms with E-state index < -0.39 is 0 Å². The van der Waals surface area contributed by atoms with Gasteiger partial charge in [-0.15, -0.1) is 0 Å². The molecule has 0 radical (unpaired) electrons. The van der Waals surface area contributed by atoms with Crippen molar-refractivity contribution in [2.75, 3.05) is 0 Å². The van der Waals surface area contributed by atoms with Gasteiger partial charge in [-0.3, -0.25) is 0 Å². The van der Waals surface area contributed by atoms with Gasteiger partial charge < -0.3 is 0 Å². The van der Waals surface area contributed by atoms with Gasteiger partial charge in [-0.2, -0.15) is 0 Å². The van der Waals surface area contributed by atoms with Gasteiger partial charge in [-0.1, -0.05) is 132 Å². The molecule has 0 nitrogen and oxygen atoms in total. The summed E-state index contributed by atoms with van der Waals surface area (Å²) in [6.07, 6.45) is 0. The maximum atomic E-state index is 2.77. The molecule has 4 saturated carbocycles. The third-order valence-corrected chi connectivity index (χ3v) is 16.7. The zero-order chi connectivity index (χ0) is 25.7. The number of hydrogen-bond acceptors (Lipinski definition) is 0. The van der Waals surface area contributed by atoms with Crippen LogP contribution in [-0.2, 0) is 0 Å². The second kappa shape index (κ2) is 5.86. The van der Waals surface area contributed by atoms with E-state index in [1.165, 1.54) is 0 Å². The Morgan fingerprint density at radius 3 is 1.22 bits per heavy atom. The average molecular weight is 445 g/mol. The highest BCUT2D eigenvalue weighted by atomic mass is 15.0. The van der Waals surface area contributed by atoms with Gasteiger partial charge in [0, 0.05) is 0 Å². The van der Waals surface area contributed by atoms with E-state index >= 15 is 0 Å². The molecule has 0 spiro atoms. The lowest BCUT2D eigenvalue weighted by molar-refractivity contribution is -0.414. The van der Waals surface area contributed by atoms with Crippen LogP contribution in [0.2, 0.25) is 0 Å². The molecule has 0 aliphatic heterocycles. The molecule has 6 atom stereocenters. The van der Waals surface area contributed by atoms with E-state index in [4.69, 9.17) is 0 Å². The fourth-order valence-corrected chi connectivity index (χ4v) is 13.2. The third kappa shape index (κ3) is 1.84. The summed E-state index contributed by atoms with van der Waals surface area (Å²) in [4.78, 5) is 0. The van der Waals surface area contributed by atoms with Crippen LogP contribution < -0.4 is 0 Å². The molecule has 0 heteroatoms. The van der Waals surface area contributed by atoms with Gasteiger partial charge in [0.1, 0.15) is 0 Å². The van der Waals surface area contributed by atoms with Gasteiger partial charge in [0.05, 0.1) is 0 Å². The molecule has 0 aromatic heterocycles. The van der Waals surface area contributed by atoms with Crippen LogP contribution in [0.1, 0.15) is 132 Å². The zero-order valence-electron chi connectivity index (χ0n) is 25.7. The summed E-state index contributed by atoms with van der Waals surface area (Å²) < 4.78 is 0. The molecular formula is C32H60. The Hall–Kier alpha value is 0. The largest absolute Gasteiger partial charge is 0.0622 e. The van der Waals surface area contributed by atoms with Crippen LogP contribution in [0.4, 0.5) is 0 Å². The fourth-order valence-electron chi connectivity index (χ4n) is 13.2. The predicted octanol–water partition coefficient (Wildman–Crippen LogP) is 10.1. The molecule has 6 unspecified atom stereocenters. The molecule has 0 aromatic rings. The van der Waals surface area contributed by atoms with E-state index in [0.717, 1.165) is 0 Å². The molecule has 4 aliphatic carbocycles. The molecule has 0 heterocycles. The average Bonchev–Trinajstić information content (AvgIpc) is 2.67. The van der Waals surface area contributed by atoms with E-state index in [-0.39, 0.29) is 54.1 Å². The van der Waals surface area contributed by atoms with Crippen molar-refractivity contribution in [2.45, 2.75) is 132 Å². The normalized spacial score (nSPS) is 51.4. The number of hydrogen-bond donors (Lipinski definition) is 0. The van der Waals surface area contributed by atoms with Gasteiger partial charge in [-0.05, 0) is 71.9 Å². The molecule has 188 valence electrons. The van der Waals surface area contributed by atoms with Crippen LogP contribution in [0, 0.1) is 71.9 Å². The van der Waals surface area contributed by atoms with Crippen LogP contribution in [0.3, 0.4) is 0 Å². The summed E-state index contributed by atoms with van der Waals surface area (Å²) in [7, 11) is 0. The molecule has 0 saturated heterocycles. The van der Waals surface area contributed by atoms with Crippen LogP contribution in [0.15, 0.2) is 0 Å². The zero-order valence-corrected chi connectivity index (χ0v) is 25.7. The second-order valence-electron chi connectivity index (χ2n) is 17.1. The van der Waals surface area contributed by atoms with Crippen molar-refractivity contribution in [2.24, 2.45) is 71.9 Å². The second-order valence-corrected chi connectivity index (χ2v) is 17.1. The summed E-state index contributed by atoms with van der Waals surface area (Å²) in [6, 6.07) is 0. The topological polar surface area (TPSA) is 0 Å². The highest BCUT2D eigenvalue weighted by Gasteiger charge is 2.91. The van der Waals surface area contributed by atoms with Crippen molar-refractivity contribution in [3.63, 3.8) is 0 Å². The van der Waals surface area contributed by atoms with Gasteiger partial charge in [0.15, 0.2) is 0 Å². The van der Waals surface area contributed by atoms with Gasteiger partial charge in [0.25, 0.3) is 0 Å². The first-order valence-electron chi connectivity index (χ1n) is 13.7. The summed E-state index contributed by atoms with van der Waals surface area (Å²) in [5, 5.41) is 0. The van der Waals surface area contributed by atoms with Gasteiger partial charge in [0.2, 0.25) is 0 Å². The van der Waals surface area contributed by atoms with E-state index in [1.807, 2.05) is 0 Å². The smallest absolute Gasteiger partial charge is 0.0140 e.